The number of alkyl halides is 3. The van der Waals surface area contributed by atoms with E-state index >= 15 is 0 Å². The fourth-order valence-corrected chi connectivity index (χ4v) is 3.50. The quantitative estimate of drug-likeness (QED) is 0.152. The summed E-state index contributed by atoms with van der Waals surface area (Å²) in [6.45, 7) is 3.81. The van der Waals surface area contributed by atoms with Gasteiger partial charge < -0.3 is 14.3 Å². The van der Waals surface area contributed by atoms with Crippen LogP contribution in [0.2, 0.25) is 0 Å². The number of hydrogen-bond acceptors (Lipinski definition) is 7. The smallest absolute Gasteiger partial charge is 0.416 e. The van der Waals surface area contributed by atoms with Crippen molar-refractivity contribution < 1.29 is 32.3 Å². The van der Waals surface area contributed by atoms with E-state index in [-0.39, 0.29) is 12.3 Å². The third kappa shape index (κ3) is 8.44. The van der Waals surface area contributed by atoms with Crippen LogP contribution >= 0.6 is 0 Å². The van der Waals surface area contributed by atoms with E-state index in [1.807, 2.05) is 0 Å². The molecule has 3 aromatic carbocycles. The molecule has 0 fully saturated rings. The number of oxime groups is 1. The van der Waals surface area contributed by atoms with Gasteiger partial charge in [0.25, 0.3) is 0 Å². The molecule has 0 saturated heterocycles. The summed E-state index contributed by atoms with van der Waals surface area (Å²) in [7, 11) is 1.27. The Labute approximate surface area is 235 Å². The van der Waals surface area contributed by atoms with Gasteiger partial charge in [0.2, 0.25) is 0 Å². The van der Waals surface area contributed by atoms with Crippen molar-refractivity contribution in [3.63, 3.8) is 0 Å². The van der Waals surface area contributed by atoms with Gasteiger partial charge in [-0.2, -0.15) is 23.4 Å². The molecule has 3 aromatic rings. The number of halogens is 3. The lowest BCUT2D eigenvalue weighted by atomic mass is 10.1. The second-order valence-electron chi connectivity index (χ2n) is 8.26. The maximum atomic E-state index is 12.8. The van der Waals surface area contributed by atoms with E-state index in [9.17, 15) is 18.0 Å². The summed E-state index contributed by atoms with van der Waals surface area (Å²) in [6.07, 6.45) is 1.86. The normalized spacial score (nSPS) is 12.1. The Morgan fingerprint density at radius 1 is 1.02 bits per heavy atom. The van der Waals surface area contributed by atoms with Gasteiger partial charge >= 0.3 is 12.3 Å². The number of hydrogen-bond donors (Lipinski definition) is 0. The molecular formula is C30H27F3N4O4. The van der Waals surface area contributed by atoms with Crippen LogP contribution in [0.3, 0.4) is 0 Å². The van der Waals surface area contributed by atoms with Crippen molar-refractivity contribution >= 4 is 29.4 Å². The monoisotopic (exact) mass is 564 g/mol. The largest absolute Gasteiger partial charge is 0.457 e. The molecule has 0 bridgehead atoms. The van der Waals surface area contributed by atoms with E-state index in [0.29, 0.717) is 40.6 Å². The van der Waals surface area contributed by atoms with E-state index < -0.39 is 17.8 Å². The predicted molar refractivity (Wildman–Crippen MR) is 152 cm³/mol. The average molecular weight is 565 g/mol. The van der Waals surface area contributed by atoms with Crippen LogP contribution in [0.1, 0.15) is 30.5 Å². The van der Waals surface area contributed by atoms with Crippen molar-refractivity contribution in [1.29, 1.82) is 0 Å². The Bertz CT molecular complexity index is 1460. The SMILES string of the molecule is C#CCN(C(=O)OC)c1ccccc1/C=N/N=C(C)/C(=N\OCC)c1ccc(Oc2ccc(C(F)(F)F)cc2)cc1. The van der Waals surface area contributed by atoms with E-state index in [2.05, 4.69) is 21.3 Å². The lowest BCUT2D eigenvalue weighted by Gasteiger charge is -2.20. The summed E-state index contributed by atoms with van der Waals surface area (Å²) in [4.78, 5) is 18.8. The number of carbonyl (C=O) groups is 1. The van der Waals surface area contributed by atoms with Crippen molar-refractivity contribution in [2.75, 3.05) is 25.2 Å². The zero-order chi connectivity index (χ0) is 29.8. The van der Waals surface area contributed by atoms with E-state index in [1.54, 1.807) is 62.4 Å². The molecule has 8 nitrogen and oxygen atoms in total. The van der Waals surface area contributed by atoms with E-state index in [1.165, 1.54) is 30.4 Å². The first kappa shape index (κ1) is 30.4. The van der Waals surface area contributed by atoms with Crippen molar-refractivity contribution in [3.05, 3.63) is 89.5 Å². The molecule has 0 N–H and O–H groups in total. The predicted octanol–water partition coefficient (Wildman–Crippen LogP) is 6.94. The van der Waals surface area contributed by atoms with Gasteiger partial charge in [0.1, 0.15) is 23.8 Å². The number of amides is 1. The van der Waals surface area contributed by atoms with Crippen LogP contribution in [0, 0.1) is 12.3 Å². The van der Waals surface area contributed by atoms with Crippen LogP contribution in [0.15, 0.2) is 88.2 Å². The van der Waals surface area contributed by atoms with Crippen molar-refractivity contribution in [2.24, 2.45) is 15.4 Å². The zero-order valence-electron chi connectivity index (χ0n) is 22.6. The fourth-order valence-electron chi connectivity index (χ4n) is 3.50. The van der Waals surface area contributed by atoms with Crippen LogP contribution in [0.5, 0.6) is 11.5 Å². The molecule has 0 aromatic heterocycles. The standard InChI is InChI=1S/C30H27F3N4O4/c1-5-19-37(29(38)39-4)27-10-8-7-9-23(27)20-34-35-21(3)28(36-40-6-2)22-11-15-25(16-12-22)41-26-17-13-24(14-18-26)30(31,32)33/h1,7-18,20H,6,19H2,2-4H3/b34-20+,35-21+,36-28+. The Morgan fingerprint density at radius 2 is 1.66 bits per heavy atom. The van der Waals surface area contributed by atoms with Crippen LogP contribution in [-0.4, -0.2) is 44.0 Å². The summed E-state index contributed by atoms with van der Waals surface area (Å²) >= 11 is 0. The molecule has 1 amide bonds. The molecule has 3 rings (SSSR count). The van der Waals surface area contributed by atoms with E-state index in [0.717, 1.165) is 12.1 Å². The van der Waals surface area contributed by atoms with Crippen LogP contribution in [0.25, 0.3) is 0 Å². The molecular weight excluding hydrogens is 537 g/mol. The van der Waals surface area contributed by atoms with Gasteiger partial charge in [-0.3, -0.25) is 4.90 Å². The maximum absolute atomic E-state index is 12.8. The van der Waals surface area contributed by atoms with Gasteiger partial charge in [0, 0.05) is 11.1 Å². The number of anilines is 1. The van der Waals surface area contributed by atoms with Gasteiger partial charge in [-0.05, 0) is 68.4 Å². The number of para-hydroxylation sites is 1. The second kappa shape index (κ2) is 14.3. The minimum absolute atomic E-state index is 0.00353. The molecule has 0 aliphatic heterocycles. The minimum atomic E-state index is -4.42. The Balaban J connectivity index is 1.81. The van der Waals surface area contributed by atoms with Crippen molar-refractivity contribution in [1.82, 2.24) is 0 Å². The third-order valence-corrected chi connectivity index (χ3v) is 5.45. The van der Waals surface area contributed by atoms with Crippen LogP contribution in [-0.2, 0) is 15.8 Å². The molecule has 0 unspecified atom stereocenters. The lowest BCUT2D eigenvalue weighted by Crippen LogP contribution is -2.31. The highest BCUT2D eigenvalue weighted by molar-refractivity contribution is 6.47. The summed E-state index contributed by atoms with van der Waals surface area (Å²) in [5.41, 5.74) is 1.80. The molecule has 0 aliphatic carbocycles. The molecule has 0 aliphatic rings. The number of terminal acetylenes is 1. The molecule has 0 saturated carbocycles. The lowest BCUT2D eigenvalue weighted by molar-refractivity contribution is -0.137. The van der Waals surface area contributed by atoms with Gasteiger partial charge in [-0.15, -0.1) is 6.42 Å². The molecule has 0 heterocycles. The first-order valence-electron chi connectivity index (χ1n) is 12.3. The van der Waals surface area contributed by atoms with Crippen LogP contribution in [0.4, 0.5) is 23.7 Å². The first-order chi connectivity index (χ1) is 19.7. The molecule has 0 spiro atoms. The Hall–Kier alpha value is -5.11. The van der Waals surface area contributed by atoms with Gasteiger partial charge in [-0.1, -0.05) is 29.3 Å². The van der Waals surface area contributed by atoms with Gasteiger partial charge in [-0.25, -0.2) is 4.79 Å². The average Bonchev–Trinajstić information content (AvgIpc) is 2.96. The topological polar surface area (TPSA) is 85.1 Å². The van der Waals surface area contributed by atoms with Gasteiger partial charge in [0.05, 0.1) is 36.8 Å². The highest BCUT2D eigenvalue weighted by Crippen LogP contribution is 2.31. The highest BCUT2D eigenvalue weighted by Gasteiger charge is 2.30. The first-order valence-corrected chi connectivity index (χ1v) is 12.3. The molecule has 212 valence electrons. The highest BCUT2D eigenvalue weighted by atomic mass is 19.4. The number of methoxy groups -OCH3 is 1. The number of nitrogens with zero attached hydrogens (tertiary/aromatic N) is 4. The molecule has 41 heavy (non-hydrogen) atoms. The molecule has 0 radical (unpaired) electrons. The maximum Gasteiger partial charge on any atom is 0.416 e. The fraction of sp³-hybridized carbons (Fsp3) is 0.200. The number of carbonyl (C=O) groups excluding carboxylic acids is 1. The zero-order valence-corrected chi connectivity index (χ0v) is 22.6. The van der Waals surface area contributed by atoms with Crippen LogP contribution < -0.4 is 9.64 Å². The third-order valence-electron chi connectivity index (χ3n) is 5.45. The van der Waals surface area contributed by atoms with Crippen molar-refractivity contribution in [3.8, 4) is 23.8 Å². The van der Waals surface area contributed by atoms with Crippen molar-refractivity contribution in [2.45, 2.75) is 20.0 Å². The number of benzene rings is 3. The number of ether oxygens (including phenoxy) is 2. The summed E-state index contributed by atoms with van der Waals surface area (Å²) < 4.78 is 48.9. The van der Waals surface area contributed by atoms with E-state index in [4.69, 9.17) is 20.7 Å². The Morgan fingerprint density at radius 3 is 2.24 bits per heavy atom. The Kier molecular flexibility index (Phi) is 10.6. The molecule has 11 heteroatoms. The number of rotatable bonds is 10. The minimum Gasteiger partial charge on any atom is -0.457 e. The van der Waals surface area contributed by atoms with Gasteiger partial charge in [0.15, 0.2) is 0 Å². The second-order valence-corrected chi connectivity index (χ2v) is 8.26. The summed E-state index contributed by atoms with van der Waals surface area (Å²) in [6, 6.07) is 18.1. The summed E-state index contributed by atoms with van der Waals surface area (Å²) in [5, 5.41) is 12.6. The molecule has 0 atom stereocenters. The summed E-state index contributed by atoms with van der Waals surface area (Å²) in [5.74, 6) is 3.11.